The molecule has 0 aromatic carbocycles. The molecule has 1 saturated carbocycles. The van der Waals surface area contributed by atoms with Gasteiger partial charge in [-0.05, 0) is 18.9 Å². The van der Waals surface area contributed by atoms with E-state index in [0.717, 1.165) is 10.7 Å². The Bertz CT molecular complexity index is 690. The SMILES string of the molecule is Nc1nc(NC2CCCCC2)cnc1Sc1ccnc(N)c1Cl. The summed E-state index contributed by atoms with van der Waals surface area (Å²) in [6.45, 7) is 0. The van der Waals surface area contributed by atoms with Crippen LogP contribution in [0, 0.1) is 0 Å². The van der Waals surface area contributed by atoms with Crippen molar-refractivity contribution in [2.45, 2.75) is 48.1 Å². The minimum atomic E-state index is 0.291. The summed E-state index contributed by atoms with van der Waals surface area (Å²) < 4.78 is 0. The number of nitrogens with two attached hydrogens (primary N) is 2. The molecule has 8 heteroatoms. The standard InChI is InChI=1S/C15H19ClN6S/c16-12-10(6-7-19-13(12)17)23-15-14(18)22-11(8-20-15)21-9-4-2-1-3-5-9/h6-9H,1-5H2,(H2,17,19)(H3,18,21,22). The molecular formula is C15H19ClN6S. The van der Waals surface area contributed by atoms with Crippen molar-refractivity contribution < 1.29 is 0 Å². The van der Waals surface area contributed by atoms with E-state index in [1.165, 1.54) is 43.9 Å². The van der Waals surface area contributed by atoms with E-state index >= 15 is 0 Å². The van der Waals surface area contributed by atoms with E-state index in [4.69, 9.17) is 23.1 Å². The number of nitrogens with zero attached hydrogens (tertiary/aromatic N) is 3. The molecule has 2 heterocycles. The van der Waals surface area contributed by atoms with E-state index in [1.807, 2.05) is 0 Å². The highest BCUT2D eigenvalue weighted by Crippen LogP contribution is 2.36. The van der Waals surface area contributed by atoms with E-state index in [1.54, 1.807) is 18.5 Å². The number of nitrogens with one attached hydrogen (secondary N) is 1. The second-order valence-electron chi connectivity index (χ2n) is 5.54. The van der Waals surface area contributed by atoms with Crippen LogP contribution in [0.3, 0.4) is 0 Å². The largest absolute Gasteiger partial charge is 0.382 e. The molecule has 0 radical (unpaired) electrons. The van der Waals surface area contributed by atoms with Gasteiger partial charge in [-0.25, -0.2) is 15.0 Å². The van der Waals surface area contributed by atoms with Crippen LogP contribution >= 0.6 is 23.4 Å². The first-order valence-electron chi connectivity index (χ1n) is 7.60. The van der Waals surface area contributed by atoms with Gasteiger partial charge in [0.15, 0.2) is 5.82 Å². The van der Waals surface area contributed by atoms with Crippen LogP contribution in [0.1, 0.15) is 32.1 Å². The maximum absolute atomic E-state index is 6.15. The zero-order valence-corrected chi connectivity index (χ0v) is 14.2. The predicted octanol–water partition coefficient (Wildman–Crippen LogP) is 3.59. The van der Waals surface area contributed by atoms with Crippen LogP contribution < -0.4 is 16.8 Å². The second kappa shape index (κ2) is 7.23. The Morgan fingerprint density at radius 1 is 1.13 bits per heavy atom. The van der Waals surface area contributed by atoms with Gasteiger partial charge in [0.05, 0.1) is 11.2 Å². The number of nitrogen functional groups attached to an aromatic ring is 2. The lowest BCUT2D eigenvalue weighted by molar-refractivity contribution is 0.461. The maximum Gasteiger partial charge on any atom is 0.158 e. The number of pyridine rings is 1. The van der Waals surface area contributed by atoms with Crippen molar-refractivity contribution in [2.24, 2.45) is 0 Å². The molecular weight excluding hydrogens is 332 g/mol. The molecule has 23 heavy (non-hydrogen) atoms. The fraction of sp³-hybridized carbons (Fsp3) is 0.400. The van der Waals surface area contributed by atoms with Crippen LogP contribution in [-0.2, 0) is 0 Å². The van der Waals surface area contributed by atoms with Crippen molar-refractivity contribution in [1.82, 2.24) is 15.0 Å². The summed E-state index contributed by atoms with van der Waals surface area (Å²) in [5.74, 6) is 1.39. The molecule has 3 rings (SSSR count). The summed E-state index contributed by atoms with van der Waals surface area (Å²) in [6.07, 6.45) is 9.50. The highest BCUT2D eigenvalue weighted by molar-refractivity contribution is 7.99. The lowest BCUT2D eigenvalue weighted by Crippen LogP contribution is -2.23. The molecule has 0 spiro atoms. The topological polar surface area (TPSA) is 103 Å². The fourth-order valence-electron chi connectivity index (χ4n) is 2.62. The van der Waals surface area contributed by atoms with Crippen LogP contribution in [-0.4, -0.2) is 21.0 Å². The zero-order valence-electron chi connectivity index (χ0n) is 12.6. The van der Waals surface area contributed by atoms with Crippen LogP contribution in [0.5, 0.6) is 0 Å². The van der Waals surface area contributed by atoms with Crippen molar-refractivity contribution in [3.63, 3.8) is 0 Å². The number of hydrogen-bond acceptors (Lipinski definition) is 7. The van der Waals surface area contributed by atoms with E-state index < -0.39 is 0 Å². The Kier molecular flexibility index (Phi) is 5.07. The summed E-state index contributed by atoms with van der Waals surface area (Å²) in [5.41, 5.74) is 11.7. The molecule has 2 aromatic rings. The van der Waals surface area contributed by atoms with E-state index in [0.29, 0.717) is 27.7 Å². The van der Waals surface area contributed by atoms with Gasteiger partial charge < -0.3 is 16.8 Å². The minimum absolute atomic E-state index is 0.291. The zero-order chi connectivity index (χ0) is 16.2. The number of halogens is 1. The first kappa shape index (κ1) is 16.1. The molecule has 1 aliphatic rings. The Morgan fingerprint density at radius 3 is 2.65 bits per heavy atom. The lowest BCUT2D eigenvalue weighted by Gasteiger charge is -2.23. The summed E-state index contributed by atoms with van der Waals surface area (Å²) >= 11 is 7.48. The monoisotopic (exact) mass is 350 g/mol. The van der Waals surface area contributed by atoms with Gasteiger partial charge in [-0.2, -0.15) is 0 Å². The first-order chi connectivity index (χ1) is 11.1. The molecule has 0 bridgehead atoms. The summed E-state index contributed by atoms with van der Waals surface area (Å²) in [5, 5.41) is 4.42. The third-order valence-electron chi connectivity index (χ3n) is 3.81. The molecule has 0 amide bonds. The molecule has 122 valence electrons. The van der Waals surface area contributed by atoms with Crippen molar-refractivity contribution in [3.05, 3.63) is 23.5 Å². The number of anilines is 3. The third kappa shape index (κ3) is 3.97. The third-order valence-corrected chi connectivity index (χ3v) is 5.39. The van der Waals surface area contributed by atoms with E-state index in [9.17, 15) is 0 Å². The van der Waals surface area contributed by atoms with Crippen molar-refractivity contribution >= 4 is 40.8 Å². The number of rotatable bonds is 4. The molecule has 1 fully saturated rings. The van der Waals surface area contributed by atoms with Gasteiger partial charge in [0.1, 0.15) is 16.7 Å². The molecule has 0 unspecified atom stereocenters. The van der Waals surface area contributed by atoms with Crippen LogP contribution in [0.25, 0.3) is 0 Å². The maximum atomic E-state index is 6.15. The van der Waals surface area contributed by atoms with Crippen LogP contribution in [0.4, 0.5) is 17.5 Å². The Morgan fingerprint density at radius 2 is 1.91 bits per heavy atom. The van der Waals surface area contributed by atoms with Gasteiger partial charge >= 0.3 is 0 Å². The molecule has 0 aliphatic heterocycles. The molecule has 1 aliphatic carbocycles. The van der Waals surface area contributed by atoms with E-state index in [2.05, 4.69) is 20.3 Å². The normalized spacial score (nSPS) is 15.5. The average Bonchev–Trinajstić information content (AvgIpc) is 2.55. The van der Waals surface area contributed by atoms with Crippen LogP contribution in [0.15, 0.2) is 28.4 Å². The predicted molar refractivity (Wildman–Crippen MR) is 94.7 cm³/mol. The quantitative estimate of drug-likeness (QED) is 0.774. The number of aromatic nitrogens is 3. The Hall–Kier alpha value is -1.73. The minimum Gasteiger partial charge on any atom is -0.382 e. The highest BCUT2D eigenvalue weighted by atomic mass is 35.5. The lowest BCUT2D eigenvalue weighted by atomic mass is 9.96. The fourth-order valence-corrected chi connectivity index (χ4v) is 3.64. The van der Waals surface area contributed by atoms with Gasteiger partial charge in [-0.15, -0.1) is 0 Å². The molecule has 2 aromatic heterocycles. The van der Waals surface area contributed by atoms with Gasteiger partial charge in [0, 0.05) is 17.1 Å². The summed E-state index contributed by atoms with van der Waals surface area (Å²) in [6, 6.07) is 2.24. The molecule has 0 saturated heterocycles. The van der Waals surface area contributed by atoms with Crippen molar-refractivity contribution in [2.75, 3.05) is 16.8 Å². The van der Waals surface area contributed by atoms with Gasteiger partial charge in [-0.3, -0.25) is 0 Å². The Labute approximate surface area is 144 Å². The first-order valence-corrected chi connectivity index (χ1v) is 8.80. The molecule has 0 atom stereocenters. The van der Waals surface area contributed by atoms with Crippen molar-refractivity contribution in [3.8, 4) is 0 Å². The highest BCUT2D eigenvalue weighted by Gasteiger charge is 2.15. The number of hydrogen-bond donors (Lipinski definition) is 3. The smallest absolute Gasteiger partial charge is 0.158 e. The summed E-state index contributed by atoms with van der Waals surface area (Å²) in [7, 11) is 0. The summed E-state index contributed by atoms with van der Waals surface area (Å²) in [4.78, 5) is 13.5. The van der Waals surface area contributed by atoms with Gasteiger partial charge in [-0.1, -0.05) is 42.6 Å². The van der Waals surface area contributed by atoms with Gasteiger partial charge in [0.25, 0.3) is 0 Å². The van der Waals surface area contributed by atoms with Crippen molar-refractivity contribution in [1.29, 1.82) is 0 Å². The second-order valence-corrected chi connectivity index (χ2v) is 6.94. The van der Waals surface area contributed by atoms with Crippen LogP contribution in [0.2, 0.25) is 5.02 Å². The average molecular weight is 351 g/mol. The van der Waals surface area contributed by atoms with E-state index in [-0.39, 0.29) is 0 Å². The van der Waals surface area contributed by atoms with Gasteiger partial charge in [0.2, 0.25) is 0 Å². The Balaban J connectivity index is 1.72. The molecule has 5 N–H and O–H groups in total. The molecule has 6 nitrogen and oxygen atoms in total.